The molecule has 1 unspecified atom stereocenters. The van der Waals surface area contributed by atoms with Gasteiger partial charge in [-0.15, -0.1) is 11.3 Å². The van der Waals surface area contributed by atoms with Crippen LogP contribution in [0.4, 0.5) is 0 Å². The van der Waals surface area contributed by atoms with E-state index in [1.165, 1.54) is 0 Å². The van der Waals surface area contributed by atoms with Gasteiger partial charge in [0, 0.05) is 24.7 Å². The maximum atomic E-state index is 9.50. The summed E-state index contributed by atoms with van der Waals surface area (Å²) in [7, 11) is 0. The van der Waals surface area contributed by atoms with Gasteiger partial charge in [0.2, 0.25) is 0 Å². The summed E-state index contributed by atoms with van der Waals surface area (Å²) >= 11 is 1.65. The Morgan fingerprint density at radius 2 is 2.64 bits per heavy atom. The topological polar surface area (TPSA) is 45.6 Å². The molecule has 1 fully saturated rings. The standard InChI is InChI=1S/C9H14N2O2S/c12-8-5-11(2-3-13-7-8)6-9-10-1-4-14-9/h1,4,8,12H,2-3,5-7H2. The molecule has 0 aliphatic carbocycles. The molecule has 0 saturated carbocycles. The fourth-order valence-electron chi connectivity index (χ4n) is 1.52. The predicted octanol–water partition coefficient (Wildman–Crippen LogP) is 0.336. The van der Waals surface area contributed by atoms with Crippen molar-refractivity contribution in [1.29, 1.82) is 0 Å². The molecule has 1 aromatic rings. The Labute approximate surface area is 87.1 Å². The largest absolute Gasteiger partial charge is 0.389 e. The van der Waals surface area contributed by atoms with E-state index in [9.17, 15) is 5.11 Å². The summed E-state index contributed by atoms with van der Waals surface area (Å²) < 4.78 is 5.25. The van der Waals surface area contributed by atoms with E-state index in [1.54, 1.807) is 11.3 Å². The lowest BCUT2D eigenvalue weighted by Gasteiger charge is -2.19. The van der Waals surface area contributed by atoms with Gasteiger partial charge in [0.15, 0.2) is 0 Å². The molecule has 1 N–H and O–H groups in total. The van der Waals surface area contributed by atoms with Crippen LogP contribution in [0.2, 0.25) is 0 Å². The van der Waals surface area contributed by atoms with Crippen molar-refractivity contribution in [2.75, 3.05) is 26.3 Å². The van der Waals surface area contributed by atoms with E-state index >= 15 is 0 Å². The lowest BCUT2D eigenvalue weighted by Crippen LogP contribution is -2.32. The van der Waals surface area contributed by atoms with E-state index in [2.05, 4.69) is 9.88 Å². The van der Waals surface area contributed by atoms with Crippen LogP contribution in [0.1, 0.15) is 5.01 Å². The first-order valence-corrected chi connectivity index (χ1v) is 5.59. The molecule has 2 rings (SSSR count). The zero-order chi connectivity index (χ0) is 9.80. The monoisotopic (exact) mass is 214 g/mol. The average Bonchev–Trinajstić information content (AvgIpc) is 2.56. The third-order valence-corrected chi connectivity index (χ3v) is 2.94. The minimum absolute atomic E-state index is 0.363. The van der Waals surface area contributed by atoms with Gasteiger partial charge in [-0.3, -0.25) is 4.90 Å². The van der Waals surface area contributed by atoms with Crippen LogP contribution in [0.3, 0.4) is 0 Å². The molecule has 1 atom stereocenters. The third kappa shape index (κ3) is 2.75. The molecule has 14 heavy (non-hydrogen) atoms. The number of ether oxygens (including phenoxy) is 1. The zero-order valence-electron chi connectivity index (χ0n) is 7.93. The summed E-state index contributed by atoms with van der Waals surface area (Å²) in [6.45, 7) is 3.52. The molecule has 1 aliphatic rings. The van der Waals surface area contributed by atoms with E-state index < -0.39 is 0 Å². The molecular weight excluding hydrogens is 200 g/mol. The highest BCUT2D eigenvalue weighted by molar-refractivity contribution is 7.09. The van der Waals surface area contributed by atoms with Gasteiger partial charge in [-0.05, 0) is 0 Å². The van der Waals surface area contributed by atoms with Crippen LogP contribution in [0.25, 0.3) is 0 Å². The van der Waals surface area contributed by atoms with Crippen LogP contribution in [-0.2, 0) is 11.3 Å². The quantitative estimate of drug-likeness (QED) is 0.771. The SMILES string of the molecule is OC1COCCN(Cc2nccs2)C1. The molecule has 0 bridgehead atoms. The first-order valence-electron chi connectivity index (χ1n) is 4.71. The number of hydrogen-bond acceptors (Lipinski definition) is 5. The molecule has 0 amide bonds. The number of thiazole rings is 1. The fraction of sp³-hybridized carbons (Fsp3) is 0.667. The van der Waals surface area contributed by atoms with E-state index in [0.717, 1.165) is 18.1 Å². The fourth-order valence-corrected chi connectivity index (χ4v) is 2.18. The van der Waals surface area contributed by atoms with Gasteiger partial charge in [0.1, 0.15) is 5.01 Å². The maximum Gasteiger partial charge on any atom is 0.107 e. The number of aliphatic hydroxyl groups is 1. The van der Waals surface area contributed by atoms with Gasteiger partial charge in [-0.1, -0.05) is 0 Å². The van der Waals surface area contributed by atoms with Crippen molar-refractivity contribution >= 4 is 11.3 Å². The summed E-state index contributed by atoms with van der Waals surface area (Å²) in [5.74, 6) is 0. The normalized spacial score (nSPS) is 24.8. The van der Waals surface area contributed by atoms with Gasteiger partial charge in [0.05, 0.1) is 25.9 Å². The summed E-state index contributed by atoms with van der Waals surface area (Å²) in [6, 6.07) is 0. The van der Waals surface area contributed by atoms with Crippen molar-refractivity contribution in [1.82, 2.24) is 9.88 Å². The Kier molecular flexibility index (Phi) is 3.47. The predicted molar refractivity (Wildman–Crippen MR) is 54.2 cm³/mol. The molecule has 0 aromatic carbocycles. The van der Waals surface area contributed by atoms with Gasteiger partial charge >= 0.3 is 0 Å². The highest BCUT2D eigenvalue weighted by atomic mass is 32.1. The molecule has 0 radical (unpaired) electrons. The average molecular weight is 214 g/mol. The second-order valence-corrected chi connectivity index (χ2v) is 4.37. The summed E-state index contributed by atoms with van der Waals surface area (Å²) in [5, 5.41) is 12.6. The Morgan fingerprint density at radius 3 is 3.43 bits per heavy atom. The lowest BCUT2D eigenvalue weighted by atomic mass is 10.3. The van der Waals surface area contributed by atoms with Crippen molar-refractivity contribution in [2.24, 2.45) is 0 Å². The molecule has 5 heteroatoms. The second-order valence-electron chi connectivity index (χ2n) is 3.39. The minimum Gasteiger partial charge on any atom is -0.389 e. The molecule has 1 saturated heterocycles. The Bertz CT molecular complexity index is 266. The number of hydrogen-bond donors (Lipinski definition) is 1. The van der Waals surface area contributed by atoms with E-state index in [0.29, 0.717) is 19.8 Å². The van der Waals surface area contributed by atoms with Crippen molar-refractivity contribution in [3.8, 4) is 0 Å². The molecular formula is C9H14N2O2S. The highest BCUT2D eigenvalue weighted by Gasteiger charge is 2.16. The van der Waals surface area contributed by atoms with Crippen molar-refractivity contribution in [3.63, 3.8) is 0 Å². The number of aliphatic hydroxyl groups excluding tert-OH is 1. The van der Waals surface area contributed by atoms with Gasteiger partial charge < -0.3 is 9.84 Å². The van der Waals surface area contributed by atoms with Gasteiger partial charge in [-0.25, -0.2) is 4.98 Å². The van der Waals surface area contributed by atoms with Gasteiger partial charge in [0.25, 0.3) is 0 Å². The molecule has 2 heterocycles. The Balaban J connectivity index is 1.90. The van der Waals surface area contributed by atoms with Crippen LogP contribution in [0, 0.1) is 0 Å². The van der Waals surface area contributed by atoms with Crippen LogP contribution in [-0.4, -0.2) is 47.4 Å². The van der Waals surface area contributed by atoms with Crippen LogP contribution >= 0.6 is 11.3 Å². The first-order chi connectivity index (χ1) is 6.84. The lowest BCUT2D eigenvalue weighted by molar-refractivity contribution is 0.0562. The molecule has 1 aromatic heterocycles. The van der Waals surface area contributed by atoms with Crippen LogP contribution in [0.5, 0.6) is 0 Å². The highest BCUT2D eigenvalue weighted by Crippen LogP contribution is 2.10. The Hall–Kier alpha value is -0.490. The smallest absolute Gasteiger partial charge is 0.107 e. The van der Waals surface area contributed by atoms with Gasteiger partial charge in [-0.2, -0.15) is 0 Å². The summed E-state index contributed by atoms with van der Waals surface area (Å²) in [4.78, 5) is 6.40. The number of nitrogens with zero attached hydrogens (tertiary/aromatic N) is 2. The zero-order valence-corrected chi connectivity index (χ0v) is 8.74. The first kappa shape index (κ1) is 10.0. The third-order valence-electron chi connectivity index (χ3n) is 2.17. The molecule has 4 nitrogen and oxygen atoms in total. The van der Waals surface area contributed by atoms with Crippen LogP contribution < -0.4 is 0 Å². The van der Waals surface area contributed by atoms with Crippen molar-refractivity contribution in [2.45, 2.75) is 12.6 Å². The number of aromatic nitrogens is 1. The number of rotatable bonds is 2. The second kappa shape index (κ2) is 4.84. The molecule has 78 valence electrons. The minimum atomic E-state index is -0.363. The molecule has 0 spiro atoms. The molecule has 1 aliphatic heterocycles. The summed E-state index contributed by atoms with van der Waals surface area (Å²) in [6.07, 6.45) is 1.45. The van der Waals surface area contributed by atoms with E-state index in [4.69, 9.17) is 4.74 Å². The van der Waals surface area contributed by atoms with Crippen molar-refractivity contribution in [3.05, 3.63) is 16.6 Å². The van der Waals surface area contributed by atoms with E-state index in [1.807, 2.05) is 11.6 Å². The van der Waals surface area contributed by atoms with Crippen molar-refractivity contribution < 1.29 is 9.84 Å². The summed E-state index contributed by atoms with van der Waals surface area (Å²) in [5.41, 5.74) is 0. The van der Waals surface area contributed by atoms with E-state index in [-0.39, 0.29) is 6.10 Å². The maximum absolute atomic E-state index is 9.50. The van der Waals surface area contributed by atoms with Crippen LogP contribution in [0.15, 0.2) is 11.6 Å². The Morgan fingerprint density at radius 1 is 1.71 bits per heavy atom. The number of β-amino-alcohol motifs (C(OH)–C–C–N with tert-alkyl or cyclic N) is 1.